The van der Waals surface area contributed by atoms with Crippen molar-refractivity contribution in [1.29, 1.82) is 0 Å². The molecule has 0 aromatic heterocycles. The summed E-state index contributed by atoms with van der Waals surface area (Å²) in [7, 11) is 0. The number of aromatic hydroxyl groups is 1. The van der Waals surface area contributed by atoms with Crippen LogP contribution in [0.2, 0.25) is 0 Å². The minimum Gasteiger partial charge on any atom is -0.508 e. The lowest BCUT2D eigenvalue weighted by Crippen LogP contribution is -2.30. The molecule has 0 radical (unpaired) electrons. The second-order valence-corrected chi connectivity index (χ2v) is 5.59. The summed E-state index contributed by atoms with van der Waals surface area (Å²) in [4.78, 5) is 25.7. The minimum absolute atomic E-state index is 0.0250. The van der Waals surface area contributed by atoms with Crippen LogP contribution in [0.15, 0.2) is 24.3 Å². The predicted octanol–water partition coefficient (Wildman–Crippen LogP) is 2.20. The maximum absolute atomic E-state index is 12.2. The lowest BCUT2D eigenvalue weighted by molar-refractivity contribution is -0.148. The molecule has 126 valence electrons. The summed E-state index contributed by atoms with van der Waals surface area (Å²) in [6.45, 7) is 4.93. The van der Waals surface area contributed by atoms with Gasteiger partial charge in [-0.3, -0.25) is 4.79 Å². The number of ether oxygens (including phenoxy) is 2. The Labute approximate surface area is 136 Å². The van der Waals surface area contributed by atoms with E-state index in [2.05, 4.69) is 0 Å². The Hall–Kier alpha value is -2.24. The Morgan fingerprint density at radius 2 is 1.78 bits per heavy atom. The van der Waals surface area contributed by atoms with Gasteiger partial charge < -0.3 is 19.5 Å². The Kier molecular flexibility index (Phi) is 5.84. The van der Waals surface area contributed by atoms with E-state index >= 15 is 0 Å². The standard InChI is InChI=1S/C17H23NO5/c1-3-22-16(20)15-11-18(17(21)23-4-2)10-13(15)9-12-5-7-14(19)8-6-12/h5-8,13,15,19H,3-4,9-11H2,1-2H3/t13-,15+/m1/s1. The van der Waals surface area contributed by atoms with Gasteiger partial charge in [-0.2, -0.15) is 0 Å². The predicted molar refractivity (Wildman–Crippen MR) is 84.0 cm³/mol. The first-order valence-corrected chi connectivity index (χ1v) is 7.91. The third-order valence-electron chi connectivity index (χ3n) is 3.99. The van der Waals surface area contributed by atoms with Gasteiger partial charge in [0.2, 0.25) is 0 Å². The number of esters is 1. The molecule has 0 bridgehead atoms. The molecule has 0 aliphatic carbocycles. The number of amides is 1. The molecule has 6 nitrogen and oxygen atoms in total. The summed E-state index contributed by atoms with van der Waals surface area (Å²) in [6.07, 6.45) is 0.245. The van der Waals surface area contributed by atoms with E-state index in [1.165, 1.54) is 0 Å². The molecule has 0 saturated carbocycles. The van der Waals surface area contributed by atoms with Crippen molar-refractivity contribution in [1.82, 2.24) is 4.90 Å². The molecular formula is C17H23NO5. The number of carbonyl (C=O) groups excluding carboxylic acids is 2. The summed E-state index contributed by atoms with van der Waals surface area (Å²) in [5.74, 6) is -0.450. The number of nitrogens with zero attached hydrogens (tertiary/aromatic N) is 1. The molecule has 1 heterocycles. The van der Waals surface area contributed by atoms with Crippen LogP contribution in [-0.4, -0.2) is 48.4 Å². The molecule has 2 rings (SSSR count). The van der Waals surface area contributed by atoms with Gasteiger partial charge in [-0.25, -0.2) is 4.79 Å². The lowest BCUT2D eigenvalue weighted by atomic mass is 9.90. The fraction of sp³-hybridized carbons (Fsp3) is 0.529. The van der Waals surface area contributed by atoms with Gasteiger partial charge in [0.25, 0.3) is 0 Å². The third kappa shape index (κ3) is 4.37. The summed E-state index contributed by atoms with van der Waals surface area (Å²) in [6, 6.07) is 6.88. The Morgan fingerprint density at radius 3 is 2.39 bits per heavy atom. The molecule has 1 saturated heterocycles. The third-order valence-corrected chi connectivity index (χ3v) is 3.99. The Balaban J connectivity index is 2.10. The summed E-state index contributed by atoms with van der Waals surface area (Å²) >= 11 is 0. The van der Waals surface area contributed by atoms with E-state index < -0.39 is 6.09 Å². The zero-order valence-corrected chi connectivity index (χ0v) is 13.5. The van der Waals surface area contributed by atoms with Gasteiger partial charge in [-0.15, -0.1) is 0 Å². The summed E-state index contributed by atoms with van der Waals surface area (Å²) in [5.41, 5.74) is 1.01. The van der Waals surface area contributed by atoms with E-state index in [1.54, 1.807) is 30.9 Å². The van der Waals surface area contributed by atoms with Crippen molar-refractivity contribution in [3.63, 3.8) is 0 Å². The lowest BCUT2D eigenvalue weighted by Gasteiger charge is -2.16. The fourth-order valence-electron chi connectivity index (χ4n) is 2.89. The highest BCUT2D eigenvalue weighted by atomic mass is 16.6. The highest BCUT2D eigenvalue weighted by molar-refractivity contribution is 5.76. The summed E-state index contributed by atoms with van der Waals surface area (Å²) < 4.78 is 10.2. The maximum Gasteiger partial charge on any atom is 0.409 e. The molecule has 1 aliphatic rings. The number of phenolic OH excluding ortho intramolecular Hbond substituents is 1. The van der Waals surface area contributed by atoms with Crippen molar-refractivity contribution in [3.8, 4) is 5.75 Å². The van der Waals surface area contributed by atoms with Crippen molar-refractivity contribution in [2.24, 2.45) is 11.8 Å². The molecular weight excluding hydrogens is 298 g/mol. The van der Waals surface area contributed by atoms with E-state index in [0.29, 0.717) is 32.7 Å². The smallest absolute Gasteiger partial charge is 0.409 e. The van der Waals surface area contributed by atoms with Gasteiger partial charge in [-0.1, -0.05) is 12.1 Å². The topological polar surface area (TPSA) is 76.1 Å². The van der Waals surface area contributed by atoms with Gasteiger partial charge in [0.05, 0.1) is 19.1 Å². The average molecular weight is 321 g/mol. The van der Waals surface area contributed by atoms with Gasteiger partial charge in [0.1, 0.15) is 5.75 Å². The van der Waals surface area contributed by atoms with Crippen molar-refractivity contribution in [2.75, 3.05) is 26.3 Å². The number of benzene rings is 1. The molecule has 1 N–H and O–H groups in total. The van der Waals surface area contributed by atoms with Crippen molar-refractivity contribution in [3.05, 3.63) is 29.8 Å². The van der Waals surface area contributed by atoms with Crippen LogP contribution in [0.4, 0.5) is 4.79 Å². The van der Waals surface area contributed by atoms with Crippen LogP contribution >= 0.6 is 0 Å². The highest BCUT2D eigenvalue weighted by Crippen LogP contribution is 2.29. The first-order chi connectivity index (χ1) is 11.0. The first kappa shape index (κ1) is 17.1. The van der Waals surface area contributed by atoms with Crippen molar-refractivity contribution < 1.29 is 24.2 Å². The molecule has 1 aliphatic heterocycles. The van der Waals surface area contributed by atoms with Crippen LogP contribution in [0.1, 0.15) is 19.4 Å². The quantitative estimate of drug-likeness (QED) is 0.841. The van der Waals surface area contributed by atoms with Crippen molar-refractivity contribution in [2.45, 2.75) is 20.3 Å². The molecule has 0 unspecified atom stereocenters. The minimum atomic E-state index is -0.394. The summed E-state index contributed by atoms with van der Waals surface area (Å²) in [5, 5.41) is 9.36. The number of carbonyl (C=O) groups is 2. The number of rotatable bonds is 5. The zero-order chi connectivity index (χ0) is 16.8. The molecule has 1 amide bonds. The van der Waals surface area contributed by atoms with Gasteiger partial charge >= 0.3 is 12.1 Å². The fourth-order valence-corrected chi connectivity index (χ4v) is 2.89. The van der Waals surface area contributed by atoms with Crippen molar-refractivity contribution >= 4 is 12.1 Å². The molecule has 1 aromatic carbocycles. The van der Waals surface area contributed by atoms with E-state index in [0.717, 1.165) is 5.56 Å². The Morgan fingerprint density at radius 1 is 1.13 bits per heavy atom. The Bertz CT molecular complexity index is 542. The van der Waals surface area contributed by atoms with Gasteiger partial charge in [-0.05, 0) is 43.9 Å². The zero-order valence-electron chi connectivity index (χ0n) is 13.5. The van der Waals surface area contributed by atoms with Crippen LogP contribution in [0.25, 0.3) is 0 Å². The SMILES string of the molecule is CCOC(=O)[C@H]1CN(C(=O)OCC)C[C@H]1Cc1ccc(O)cc1. The number of likely N-dealkylation sites (tertiary alicyclic amines) is 1. The second kappa shape index (κ2) is 7.85. The number of phenols is 1. The van der Waals surface area contributed by atoms with E-state index in [1.807, 2.05) is 12.1 Å². The maximum atomic E-state index is 12.2. The average Bonchev–Trinajstić information content (AvgIpc) is 2.94. The first-order valence-electron chi connectivity index (χ1n) is 7.91. The normalized spacial score (nSPS) is 20.3. The van der Waals surface area contributed by atoms with E-state index in [4.69, 9.17) is 9.47 Å². The number of hydrogen-bond donors (Lipinski definition) is 1. The van der Waals surface area contributed by atoms with Crippen LogP contribution in [0, 0.1) is 11.8 Å². The van der Waals surface area contributed by atoms with Crippen LogP contribution in [0.3, 0.4) is 0 Å². The molecule has 1 aromatic rings. The van der Waals surface area contributed by atoms with E-state index in [-0.39, 0.29) is 23.6 Å². The van der Waals surface area contributed by atoms with Crippen LogP contribution < -0.4 is 0 Å². The van der Waals surface area contributed by atoms with Gasteiger partial charge in [0, 0.05) is 13.1 Å². The second-order valence-electron chi connectivity index (χ2n) is 5.59. The van der Waals surface area contributed by atoms with Crippen LogP contribution in [0.5, 0.6) is 5.75 Å². The highest BCUT2D eigenvalue weighted by Gasteiger charge is 2.40. The monoisotopic (exact) mass is 321 g/mol. The molecule has 0 spiro atoms. The molecule has 23 heavy (non-hydrogen) atoms. The molecule has 2 atom stereocenters. The molecule has 1 fully saturated rings. The van der Waals surface area contributed by atoms with E-state index in [9.17, 15) is 14.7 Å². The number of hydrogen-bond acceptors (Lipinski definition) is 5. The largest absolute Gasteiger partial charge is 0.508 e. The molecule has 6 heteroatoms. The van der Waals surface area contributed by atoms with Gasteiger partial charge in [0.15, 0.2) is 0 Å². The van der Waals surface area contributed by atoms with Crippen LogP contribution in [-0.2, 0) is 20.7 Å².